The molecule has 0 bridgehead atoms. The maximum absolute atomic E-state index is 5.57. The predicted molar refractivity (Wildman–Crippen MR) is 75.6 cm³/mol. The molecule has 1 saturated carbocycles. The summed E-state index contributed by atoms with van der Waals surface area (Å²) in [4.78, 5) is 0. The van der Waals surface area contributed by atoms with Gasteiger partial charge in [0.15, 0.2) is 6.29 Å². The Morgan fingerprint density at radius 3 is 2.11 bits per heavy atom. The number of hydrogen-bond donors (Lipinski definition) is 1. The molecule has 0 aromatic heterocycles. The van der Waals surface area contributed by atoms with Crippen LogP contribution in [0.3, 0.4) is 0 Å². The number of rotatable bonds is 11. The lowest BCUT2D eigenvalue weighted by Crippen LogP contribution is -2.39. The van der Waals surface area contributed by atoms with Crippen molar-refractivity contribution in [2.24, 2.45) is 11.8 Å². The molecule has 18 heavy (non-hydrogen) atoms. The first-order chi connectivity index (χ1) is 8.67. The molecule has 3 heteroatoms. The van der Waals surface area contributed by atoms with Crippen molar-refractivity contribution in [3.05, 3.63) is 0 Å². The Bertz CT molecular complexity index is 199. The van der Waals surface area contributed by atoms with Crippen molar-refractivity contribution in [2.45, 2.75) is 65.7 Å². The van der Waals surface area contributed by atoms with Gasteiger partial charge in [0.05, 0.1) is 0 Å². The lowest BCUT2D eigenvalue weighted by atomic mass is 10.0. The third kappa shape index (κ3) is 6.72. The Labute approximate surface area is 113 Å². The Kier molecular flexibility index (Phi) is 7.87. The predicted octanol–water partition coefficient (Wildman–Crippen LogP) is 3.19. The third-order valence-corrected chi connectivity index (χ3v) is 3.50. The first-order valence-corrected chi connectivity index (χ1v) is 7.63. The minimum absolute atomic E-state index is 0.0831. The van der Waals surface area contributed by atoms with Crippen molar-refractivity contribution in [2.75, 3.05) is 19.8 Å². The fraction of sp³-hybridized carbons (Fsp3) is 1.00. The second-order valence-corrected chi connectivity index (χ2v) is 5.66. The molecule has 0 heterocycles. The second-order valence-electron chi connectivity index (χ2n) is 5.66. The average Bonchev–Trinajstić information content (AvgIpc) is 3.13. The van der Waals surface area contributed by atoms with Crippen LogP contribution in [-0.4, -0.2) is 32.1 Å². The molecule has 1 rings (SSSR count). The van der Waals surface area contributed by atoms with E-state index in [0.29, 0.717) is 19.3 Å². The van der Waals surface area contributed by atoms with E-state index in [1.54, 1.807) is 0 Å². The molecule has 0 spiro atoms. The Morgan fingerprint density at radius 1 is 1.06 bits per heavy atom. The highest BCUT2D eigenvalue weighted by Gasteiger charge is 2.31. The minimum atomic E-state index is -0.0831. The fourth-order valence-corrected chi connectivity index (χ4v) is 2.30. The molecule has 1 unspecified atom stereocenters. The van der Waals surface area contributed by atoms with E-state index in [9.17, 15) is 0 Å². The molecule has 1 N–H and O–H groups in total. The van der Waals surface area contributed by atoms with Crippen LogP contribution in [0.15, 0.2) is 0 Å². The van der Waals surface area contributed by atoms with Gasteiger partial charge in [-0.25, -0.2) is 0 Å². The zero-order valence-electron chi connectivity index (χ0n) is 12.6. The van der Waals surface area contributed by atoms with Gasteiger partial charge in [0.25, 0.3) is 0 Å². The van der Waals surface area contributed by atoms with Crippen LogP contribution in [0.25, 0.3) is 0 Å². The van der Waals surface area contributed by atoms with E-state index in [0.717, 1.165) is 18.4 Å². The maximum Gasteiger partial charge on any atom is 0.169 e. The lowest BCUT2D eigenvalue weighted by molar-refractivity contribution is -0.134. The summed E-state index contributed by atoms with van der Waals surface area (Å²) in [7, 11) is 0. The van der Waals surface area contributed by atoms with Gasteiger partial charge in [-0.05, 0) is 51.4 Å². The number of ether oxygens (including phenoxy) is 2. The molecule has 1 fully saturated rings. The van der Waals surface area contributed by atoms with Crippen molar-refractivity contribution >= 4 is 0 Å². The van der Waals surface area contributed by atoms with Gasteiger partial charge >= 0.3 is 0 Å². The van der Waals surface area contributed by atoms with E-state index in [4.69, 9.17) is 9.47 Å². The van der Waals surface area contributed by atoms with Crippen molar-refractivity contribution in [3.63, 3.8) is 0 Å². The van der Waals surface area contributed by atoms with Crippen LogP contribution in [0.1, 0.15) is 53.4 Å². The highest BCUT2D eigenvalue weighted by molar-refractivity contribution is 4.86. The molecule has 0 aromatic carbocycles. The van der Waals surface area contributed by atoms with Gasteiger partial charge in [-0.1, -0.05) is 13.8 Å². The zero-order chi connectivity index (χ0) is 13.4. The summed E-state index contributed by atoms with van der Waals surface area (Å²) < 4.78 is 11.1. The zero-order valence-corrected chi connectivity index (χ0v) is 12.6. The van der Waals surface area contributed by atoms with Crippen LogP contribution in [0.4, 0.5) is 0 Å². The van der Waals surface area contributed by atoms with E-state index in [2.05, 4.69) is 19.2 Å². The largest absolute Gasteiger partial charge is 0.352 e. The Balaban J connectivity index is 2.26. The summed E-state index contributed by atoms with van der Waals surface area (Å²) in [5.41, 5.74) is 0. The van der Waals surface area contributed by atoms with Gasteiger partial charge in [-0.15, -0.1) is 0 Å². The molecule has 108 valence electrons. The van der Waals surface area contributed by atoms with Crippen LogP contribution >= 0.6 is 0 Å². The van der Waals surface area contributed by atoms with E-state index < -0.39 is 0 Å². The highest BCUT2D eigenvalue weighted by Crippen LogP contribution is 2.35. The van der Waals surface area contributed by atoms with Gasteiger partial charge < -0.3 is 14.8 Å². The molecular weight excluding hydrogens is 226 g/mol. The maximum atomic E-state index is 5.57. The van der Waals surface area contributed by atoms with E-state index in [1.165, 1.54) is 25.7 Å². The van der Waals surface area contributed by atoms with Crippen molar-refractivity contribution in [1.29, 1.82) is 0 Å². The van der Waals surface area contributed by atoms with E-state index >= 15 is 0 Å². The summed E-state index contributed by atoms with van der Waals surface area (Å²) in [6.45, 7) is 10.9. The molecule has 0 saturated heterocycles. The fourth-order valence-electron chi connectivity index (χ4n) is 2.30. The molecule has 0 amide bonds. The topological polar surface area (TPSA) is 30.5 Å². The highest BCUT2D eigenvalue weighted by atomic mass is 16.7. The van der Waals surface area contributed by atoms with Gasteiger partial charge in [0.2, 0.25) is 0 Å². The van der Waals surface area contributed by atoms with Crippen molar-refractivity contribution in [1.82, 2.24) is 5.32 Å². The smallest absolute Gasteiger partial charge is 0.169 e. The van der Waals surface area contributed by atoms with Gasteiger partial charge in [-0.2, -0.15) is 0 Å². The standard InChI is InChI=1S/C15H31NO2/c1-5-17-15(18-6-2)11-16-14(13-8-9-13)10-7-12(3)4/h12-16H,5-11H2,1-4H3. The Morgan fingerprint density at radius 2 is 1.67 bits per heavy atom. The molecule has 0 aliphatic heterocycles. The summed E-state index contributed by atoms with van der Waals surface area (Å²) in [6, 6.07) is 0.663. The molecule has 1 aliphatic carbocycles. The quantitative estimate of drug-likeness (QED) is 0.577. The third-order valence-electron chi connectivity index (χ3n) is 3.50. The van der Waals surface area contributed by atoms with Crippen LogP contribution in [-0.2, 0) is 9.47 Å². The molecular formula is C15H31NO2. The molecule has 1 atom stereocenters. The van der Waals surface area contributed by atoms with Gasteiger partial charge in [0.1, 0.15) is 0 Å². The molecule has 0 aromatic rings. The van der Waals surface area contributed by atoms with Gasteiger partial charge in [-0.3, -0.25) is 0 Å². The molecule has 1 aliphatic rings. The number of nitrogens with one attached hydrogen (secondary N) is 1. The van der Waals surface area contributed by atoms with E-state index in [-0.39, 0.29) is 6.29 Å². The molecule has 3 nitrogen and oxygen atoms in total. The lowest BCUT2D eigenvalue weighted by Gasteiger charge is -2.23. The van der Waals surface area contributed by atoms with Crippen LogP contribution in [0, 0.1) is 11.8 Å². The number of hydrogen-bond acceptors (Lipinski definition) is 3. The van der Waals surface area contributed by atoms with E-state index in [1.807, 2.05) is 13.8 Å². The average molecular weight is 257 g/mol. The minimum Gasteiger partial charge on any atom is -0.352 e. The summed E-state index contributed by atoms with van der Waals surface area (Å²) >= 11 is 0. The Hall–Kier alpha value is -0.120. The van der Waals surface area contributed by atoms with Crippen molar-refractivity contribution in [3.8, 4) is 0 Å². The SMILES string of the molecule is CCOC(CNC(CCC(C)C)C1CC1)OCC. The van der Waals surface area contributed by atoms with Crippen LogP contribution < -0.4 is 5.32 Å². The van der Waals surface area contributed by atoms with Crippen molar-refractivity contribution < 1.29 is 9.47 Å². The second kappa shape index (κ2) is 8.89. The first-order valence-electron chi connectivity index (χ1n) is 7.63. The summed E-state index contributed by atoms with van der Waals surface area (Å²) in [5, 5.41) is 3.66. The normalized spacial score (nSPS) is 17.7. The first kappa shape index (κ1) is 15.9. The summed E-state index contributed by atoms with van der Waals surface area (Å²) in [5.74, 6) is 1.69. The van der Waals surface area contributed by atoms with Crippen LogP contribution in [0.2, 0.25) is 0 Å². The molecule has 0 radical (unpaired) electrons. The van der Waals surface area contributed by atoms with Gasteiger partial charge in [0, 0.05) is 25.8 Å². The van der Waals surface area contributed by atoms with Crippen LogP contribution in [0.5, 0.6) is 0 Å². The monoisotopic (exact) mass is 257 g/mol. The summed E-state index contributed by atoms with van der Waals surface area (Å²) in [6.07, 6.45) is 5.29.